The molecule has 0 spiro atoms. The van der Waals surface area contributed by atoms with Crippen molar-refractivity contribution in [3.8, 4) is 23.0 Å². The average molecular weight is 528 g/mol. The van der Waals surface area contributed by atoms with Gasteiger partial charge >= 0.3 is 12.4 Å². The van der Waals surface area contributed by atoms with Crippen molar-refractivity contribution in [2.24, 2.45) is 0 Å². The van der Waals surface area contributed by atoms with Crippen LogP contribution in [0.15, 0.2) is 36.4 Å². The maximum atomic E-state index is 13.6. The Morgan fingerprint density at radius 3 is 2.16 bits per heavy atom. The highest BCUT2D eigenvalue weighted by molar-refractivity contribution is 5.68. The van der Waals surface area contributed by atoms with Gasteiger partial charge in [0.15, 0.2) is 23.0 Å². The van der Waals surface area contributed by atoms with Crippen molar-refractivity contribution in [2.45, 2.75) is 38.7 Å². The number of piperazine rings is 1. The van der Waals surface area contributed by atoms with E-state index in [2.05, 4.69) is 9.47 Å². The summed E-state index contributed by atoms with van der Waals surface area (Å²) in [5.41, 5.74) is 0.545. The van der Waals surface area contributed by atoms with E-state index in [4.69, 9.17) is 14.2 Å². The predicted molar refractivity (Wildman–Crippen MR) is 124 cm³/mol. The number of amides is 1. The number of hydrogen-bond donors (Lipinski definition) is 0. The summed E-state index contributed by atoms with van der Waals surface area (Å²) in [4.78, 5) is 16.1. The SMILES string of the molecule is CC(C)(C)OC(=O)N1CCN(C(c2ccc(OCF)c(OCF)c2)c2ccc3c(c2)OC(F)(F)O3)CC1. The molecule has 0 bridgehead atoms. The second-order valence-electron chi connectivity index (χ2n) is 9.49. The van der Waals surface area contributed by atoms with Gasteiger partial charge in [0.1, 0.15) is 5.60 Å². The smallest absolute Gasteiger partial charge is 0.459 e. The van der Waals surface area contributed by atoms with Gasteiger partial charge in [0.05, 0.1) is 6.04 Å². The molecule has 1 saturated heterocycles. The summed E-state index contributed by atoms with van der Waals surface area (Å²) >= 11 is 0. The third-order valence-corrected chi connectivity index (χ3v) is 5.78. The lowest BCUT2D eigenvalue weighted by atomic mass is 9.95. The van der Waals surface area contributed by atoms with Crippen LogP contribution in [0.3, 0.4) is 0 Å². The van der Waals surface area contributed by atoms with Gasteiger partial charge in [-0.1, -0.05) is 12.1 Å². The molecule has 0 radical (unpaired) electrons. The highest BCUT2D eigenvalue weighted by Crippen LogP contribution is 2.44. The van der Waals surface area contributed by atoms with Gasteiger partial charge in [-0.2, -0.15) is 0 Å². The van der Waals surface area contributed by atoms with Crippen LogP contribution in [-0.4, -0.2) is 67.7 Å². The largest absolute Gasteiger partial charge is 0.586 e. The molecule has 2 aliphatic heterocycles. The molecule has 0 aliphatic carbocycles. The number of hydrogen-bond acceptors (Lipinski definition) is 7. The molecule has 8 nitrogen and oxygen atoms in total. The molecular weight excluding hydrogens is 500 g/mol. The van der Waals surface area contributed by atoms with E-state index in [9.17, 15) is 22.4 Å². The number of rotatable bonds is 7. The highest BCUT2D eigenvalue weighted by atomic mass is 19.3. The first kappa shape index (κ1) is 26.6. The molecule has 1 fully saturated rings. The van der Waals surface area contributed by atoms with Crippen LogP contribution in [0.2, 0.25) is 0 Å². The molecule has 2 aliphatic rings. The number of carbonyl (C=O) groups excluding carboxylic acids is 1. The molecule has 12 heteroatoms. The van der Waals surface area contributed by atoms with Crippen molar-refractivity contribution in [2.75, 3.05) is 39.9 Å². The molecule has 0 aromatic heterocycles. The number of nitrogens with zero attached hydrogens (tertiary/aromatic N) is 2. The van der Waals surface area contributed by atoms with Crippen molar-refractivity contribution in [1.29, 1.82) is 0 Å². The molecule has 2 heterocycles. The Bertz CT molecular complexity index is 1120. The Kier molecular flexibility index (Phi) is 7.58. The summed E-state index contributed by atoms with van der Waals surface area (Å²) in [5, 5.41) is 0. The lowest BCUT2D eigenvalue weighted by Crippen LogP contribution is -2.51. The van der Waals surface area contributed by atoms with E-state index in [1.54, 1.807) is 37.8 Å². The maximum Gasteiger partial charge on any atom is 0.586 e. The van der Waals surface area contributed by atoms with Gasteiger partial charge in [-0.25, -0.2) is 13.6 Å². The summed E-state index contributed by atoms with van der Waals surface area (Å²) in [5.74, 6) is -0.224. The van der Waals surface area contributed by atoms with Gasteiger partial charge in [0, 0.05) is 26.2 Å². The fraction of sp³-hybridized carbons (Fsp3) is 0.480. The number of halogens is 4. The molecule has 1 atom stereocenters. The Labute approximate surface area is 211 Å². The van der Waals surface area contributed by atoms with E-state index >= 15 is 0 Å². The summed E-state index contributed by atoms with van der Waals surface area (Å²) in [6, 6.07) is 8.53. The van der Waals surface area contributed by atoms with E-state index < -0.39 is 37.8 Å². The highest BCUT2D eigenvalue weighted by Gasteiger charge is 2.44. The first-order chi connectivity index (χ1) is 17.5. The number of benzene rings is 2. The molecular formula is C25H28F4N2O6. The molecule has 2 aromatic carbocycles. The van der Waals surface area contributed by atoms with Crippen molar-refractivity contribution in [3.63, 3.8) is 0 Å². The number of carbonyl (C=O) groups is 1. The summed E-state index contributed by atoms with van der Waals surface area (Å²) < 4.78 is 77.6. The van der Waals surface area contributed by atoms with Gasteiger partial charge in [0.2, 0.25) is 13.7 Å². The van der Waals surface area contributed by atoms with Gasteiger partial charge in [0.25, 0.3) is 0 Å². The number of ether oxygens (including phenoxy) is 5. The van der Waals surface area contributed by atoms with Crippen LogP contribution in [-0.2, 0) is 4.74 Å². The van der Waals surface area contributed by atoms with Gasteiger partial charge in [-0.3, -0.25) is 4.90 Å². The van der Waals surface area contributed by atoms with Crippen LogP contribution in [0.5, 0.6) is 23.0 Å². The fourth-order valence-electron chi connectivity index (χ4n) is 4.28. The number of alkyl halides is 4. The summed E-state index contributed by atoms with van der Waals surface area (Å²) in [6.45, 7) is 4.59. The average Bonchev–Trinajstić information content (AvgIpc) is 3.13. The minimum atomic E-state index is -3.77. The Hall–Kier alpha value is -3.41. The fourth-order valence-corrected chi connectivity index (χ4v) is 4.28. The Morgan fingerprint density at radius 2 is 1.51 bits per heavy atom. The monoisotopic (exact) mass is 528 g/mol. The topological polar surface area (TPSA) is 69.7 Å². The minimum absolute atomic E-state index is 0.0117. The zero-order valence-corrected chi connectivity index (χ0v) is 20.6. The second-order valence-corrected chi connectivity index (χ2v) is 9.49. The van der Waals surface area contributed by atoms with Crippen LogP contribution in [0.4, 0.5) is 22.4 Å². The molecule has 0 saturated carbocycles. The van der Waals surface area contributed by atoms with E-state index in [0.717, 1.165) is 0 Å². The molecule has 202 valence electrons. The molecule has 1 amide bonds. The standard InChI is InChI=1S/C25H28F4N2O6/c1-24(2,3)37-23(32)31-10-8-30(9-11-31)22(16-4-6-18(33-14-26)20(12-16)34-15-27)17-5-7-19-21(13-17)36-25(28,29)35-19/h4-7,12-13,22H,8-11,14-15H2,1-3H3. The van der Waals surface area contributed by atoms with Gasteiger partial charge in [-0.05, 0) is 56.2 Å². The van der Waals surface area contributed by atoms with E-state index in [-0.39, 0.29) is 23.0 Å². The molecule has 2 aromatic rings. The third-order valence-electron chi connectivity index (χ3n) is 5.78. The van der Waals surface area contributed by atoms with Crippen molar-refractivity contribution in [1.82, 2.24) is 9.80 Å². The lowest BCUT2D eigenvalue weighted by Gasteiger charge is -2.40. The van der Waals surface area contributed by atoms with Crippen LogP contribution in [0.1, 0.15) is 37.9 Å². The summed E-state index contributed by atoms with van der Waals surface area (Å²) in [6.07, 6.45) is -4.21. The van der Waals surface area contributed by atoms with Gasteiger partial charge in [-0.15, -0.1) is 8.78 Å². The van der Waals surface area contributed by atoms with Crippen molar-refractivity contribution < 1.29 is 46.0 Å². The van der Waals surface area contributed by atoms with Crippen LogP contribution in [0.25, 0.3) is 0 Å². The van der Waals surface area contributed by atoms with Gasteiger partial charge < -0.3 is 28.6 Å². The first-order valence-electron chi connectivity index (χ1n) is 11.6. The predicted octanol–water partition coefficient (Wildman–Crippen LogP) is 5.26. The van der Waals surface area contributed by atoms with Crippen molar-refractivity contribution >= 4 is 6.09 Å². The first-order valence-corrected chi connectivity index (χ1v) is 11.6. The minimum Gasteiger partial charge on any atom is -0.459 e. The Balaban J connectivity index is 1.65. The zero-order chi connectivity index (χ0) is 26.8. The molecule has 1 unspecified atom stereocenters. The van der Waals surface area contributed by atoms with Crippen LogP contribution >= 0.6 is 0 Å². The quantitative estimate of drug-likeness (QED) is 0.454. The van der Waals surface area contributed by atoms with Crippen LogP contribution < -0.4 is 18.9 Å². The molecule has 37 heavy (non-hydrogen) atoms. The molecule has 0 N–H and O–H groups in total. The Morgan fingerprint density at radius 1 is 0.919 bits per heavy atom. The number of fused-ring (bicyclic) bond motifs is 1. The van der Waals surface area contributed by atoms with E-state index in [0.29, 0.717) is 37.3 Å². The van der Waals surface area contributed by atoms with Crippen LogP contribution in [0, 0.1) is 0 Å². The van der Waals surface area contributed by atoms with E-state index in [1.165, 1.54) is 24.3 Å². The zero-order valence-electron chi connectivity index (χ0n) is 20.6. The van der Waals surface area contributed by atoms with E-state index in [1.807, 2.05) is 4.90 Å². The lowest BCUT2D eigenvalue weighted by molar-refractivity contribution is -0.286. The summed E-state index contributed by atoms with van der Waals surface area (Å²) in [7, 11) is 0. The second kappa shape index (κ2) is 10.5. The third kappa shape index (κ3) is 6.30. The normalized spacial score (nSPS) is 17.9. The maximum absolute atomic E-state index is 13.6. The van der Waals surface area contributed by atoms with Crippen molar-refractivity contribution in [3.05, 3.63) is 47.5 Å². The molecule has 4 rings (SSSR count).